The van der Waals surface area contributed by atoms with Gasteiger partial charge in [0.1, 0.15) is 0 Å². The maximum atomic E-state index is 3.48. The Bertz CT molecular complexity index is 430. The van der Waals surface area contributed by atoms with E-state index < -0.39 is 0 Å². The normalized spacial score (nSPS) is 22.1. The van der Waals surface area contributed by atoms with E-state index in [1.54, 1.807) is 0 Å². The highest BCUT2D eigenvalue weighted by Crippen LogP contribution is 2.27. The average molecular weight is 259 g/mol. The van der Waals surface area contributed by atoms with Crippen molar-refractivity contribution in [1.29, 1.82) is 0 Å². The zero-order chi connectivity index (χ0) is 13.2. The predicted octanol–water partition coefficient (Wildman–Crippen LogP) is 1.79. The van der Waals surface area contributed by atoms with Crippen LogP contribution in [0.1, 0.15) is 17.5 Å². The van der Waals surface area contributed by atoms with E-state index >= 15 is 0 Å². The Morgan fingerprint density at radius 1 is 1.11 bits per heavy atom. The van der Waals surface area contributed by atoms with Crippen molar-refractivity contribution in [2.24, 2.45) is 0 Å². The molecular weight excluding hydrogens is 234 g/mol. The van der Waals surface area contributed by atoms with Gasteiger partial charge in [-0.3, -0.25) is 4.90 Å². The van der Waals surface area contributed by atoms with Gasteiger partial charge in [-0.05, 0) is 45.0 Å². The van der Waals surface area contributed by atoms with E-state index in [0.717, 1.165) is 12.6 Å². The van der Waals surface area contributed by atoms with Crippen LogP contribution in [0, 0.1) is 13.8 Å². The first kappa shape index (κ1) is 12.9. The molecule has 0 aliphatic carbocycles. The van der Waals surface area contributed by atoms with Crippen LogP contribution in [-0.2, 0) is 0 Å². The number of nitrogens with zero attached hydrogens (tertiary/aromatic N) is 2. The van der Waals surface area contributed by atoms with E-state index in [2.05, 4.69) is 47.2 Å². The number of aryl methyl sites for hydroxylation is 2. The third-order valence-corrected chi connectivity index (χ3v) is 4.45. The minimum atomic E-state index is 0.764. The highest BCUT2D eigenvalue weighted by atomic mass is 15.3. The van der Waals surface area contributed by atoms with Crippen molar-refractivity contribution in [3.05, 3.63) is 29.3 Å². The monoisotopic (exact) mass is 259 g/mol. The number of hydrogen-bond acceptors (Lipinski definition) is 3. The molecule has 2 saturated heterocycles. The molecule has 0 spiro atoms. The van der Waals surface area contributed by atoms with Gasteiger partial charge in [-0.25, -0.2) is 0 Å². The van der Waals surface area contributed by atoms with Crippen LogP contribution in [-0.4, -0.2) is 50.2 Å². The summed E-state index contributed by atoms with van der Waals surface area (Å²) >= 11 is 0. The molecule has 2 aliphatic heterocycles. The molecule has 0 amide bonds. The lowest BCUT2D eigenvalue weighted by Crippen LogP contribution is -2.60. The molecule has 2 heterocycles. The van der Waals surface area contributed by atoms with Crippen molar-refractivity contribution in [1.82, 2.24) is 10.2 Å². The Labute approximate surface area is 116 Å². The van der Waals surface area contributed by atoms with Crippen LogP contribution in [0.15, 0.2) is 18.2 Å². The second-order valence-electron chi connectivity index (χ2n) is 5.99. The first-order chi connectivity index (χ1) is 9.24. The van der Waals surface area contributed by atoms with Gasteiger partial charge >= 0.3 is 0 Å². The van der Waals surface area contributed by atoms with Crippen LogP contribution in [0.5, 0.6) is 0 Å². The number of benzene rings is 1. The highest BCUT2D eigenvalue weighted by Gasteiger charge is 2.32. The predicted molar refractivity (Wildman–Crippen MR) is 81.0 cm³/mol. The lowest BCUT2D eigenvalue weighted by Gasteiger charge is -2.47. The Kier molecular flexibility index (Phi) is 3.76. The summed E-state index contributed by atoms with van der Waals surface area (Å²) in [6.07, 6.45) is 1.29. The van der Waals surface area contributed by atoms with Crippen LogP contribution in [0.25, 0.3) is 0 Å². The van der Waals surface area contributed by atoms with Crippen LogP contribution < -0.4 is 10.2 Å². The lowest BCUT2D eigenvalue weighted by atomic mass is 10.0. The molecule has 0 bridgehead atoms. The topological polar surface area (TPSA) is 18.5 Å². The Balaban J connectivity index is 1.59. The number of hydrogen-bond donors (Lipinski definition) is 1. The summed E-state index contributed by atoms with van der Waals surface area (Å²) in [4.78, 5) is 5.19. The summed E-state index contributed by atoms with van der Waals surface area (Å²) in [6, 6.07) is 7.56. The second-order valence-corrected chi connectivity index (χ2v) is 5.99. The molecule has 1 aromatic rings. The summed E-state index contributed by atoms with van der Waals surface area (Å²) in [7, 11) is 0. The second kappa shape index (κ2) is 5.51. The molecule has 1 N–H and O–H groups in total. The van der Waals surface area contributed by atoms with E-state index in [4.69, 9.17) is 0 Å². The van der Waals surface area contributed by atoms with E-state index in [-0.39, 0.29) is 0 Å². The van der Waals surface area contributed by atoms with Crippen LogP contribution in [0.3, 0.4) is 0 Å². The fourth-order valence-corrected chi connectivity index (χ4v) is 3.27. The van der Waals surface area contributed by atoms with Crippen LogP contribution >= 0.6 is 0 Å². The van der Waals surface area contributed by atoms with Gasteiger partial charge in [0.2, 0.25) is 0 Å². The van der Waals surface area contributed by atoms with Crippen molar-refractivity contribution in [2.75, 3.05) is 44.2 Å². The molecule has 3 heteroatoms. The molecule has 104 valence electrons. The molecule has 3 rings (SSSR count). The van der Waals surface area contributed by atoms with Gasteiger partial charge in [-0.2, -0.15) is 0 Å². The van der Waals surface area contributed by atoms with Crippen molar-refractivity contribution >= 4 is 5.69 Å². The van der Waals surface area contributed by atoms with Crippen molar-refractivity contribution < 1.29 is 0 Å². The SMILES string of the molecule is Cc1ccc(N2CC(N3CCCNCC3)C2)c(C)c1. The van der Waals surface area contributed by atoms with Gasteiger partial charge in [0, 0.05) is 37.9 Å². The van der Waals surface area contributed by atoms with Crippen molar-refractivity contribution in [2.45, 2.75) is 26.3 Å². The van der Waals surface area contributed by atoms with Gasteiger partial charge in [0.15, 0.2) is 0 Å². The van der Waals surface area contributed by atoms with Gasteiger partial charge in [-0.1, -0.05) is 17.7 Å². The summed E-state index contributed by atoms with van der Waals surface area (Å²) in [6.45, 7) is 11.6. The number of nitrogens with one attached hydrogen (secondary N) is 1. The van der Waals surface area contributed by atoms with Crippen LogP contribution in [0.4, 0.5) is 5.69 Å². The zero-order valence-corrected chi connectivity index (χ0v) is 12.2. The summed E-state index contributed by atoms with van der Waals surface area (Å²) in [5, 5.41) is 3.48. The van der Waals surface area contributed by atoms with Gasteiger partial charge in [0.25, 0.3) is 0 Å². The molecule has 0 atom stereocenters. The van der Waals surface area contributed by atoms with E-state index in [1.165, 1.54) is 56.0 Å². The third-order valence-electron chi connectivity index (χ3n) is 4.45. The smallest absolute Gasteiger partial charge is 0.0447 e. The van der Waals surface area contributed by atoms with E-state index in [9.17, 15) is 0 Å². The minimum absolute atomic E-state index is 0.764. The van der Waals surface area contributed by atoms with Gasteiger partial charge in [-0.15, -0.1) is 0 Å². The van der Waals surface area contributed by atoms with Gasteiger partial charge in [0.05, 0.1) is 0 Å². The molecule has 0 aromatic heterocycles. The summed E-state index contributed by atoms with van der Waals surface area (Å²) in [5.41, 5.74) is 4.20. The van der Waals surface area contributed by atoms with E-state index in [1.807, 2.05) is 0 Å². The fourth-order valence-electron chi connectivity index (χ4n) is 3.27. The summed E-state index contributed by atoms with van der Waals surface area (Å²) in [5.74, 6) is 0. The first-order valence-corrected chi connectivity index (χ1v) is 7.51. The van der Waals surface area contributed by atoms with Crippen molar-refractivity contribution in [3.8, 4) is 0 Å². The maximum absolute atomic E-state index is 3.48. The maximum Gasteiger partial charge on any atom is 0.0447 e. The highest BCUT2D eigenvalue weighted by molar-refractivity contribution is 5.56. The molecule has 3 nitrogen and oxygen atoms in total. The largest absolute Gasteiger partial charge is 0.368 e. The Morgan fingerprint density at radius 2 is 1.95 bits per heavy atom. The fraction of sp³-hybridized carbons (Fsp3) is 0.625. The average Bonchev–Trinajstić information content (AvgIpc) is 2.59. The molecule has 2 aliphatic rings. The Hall–Kier alpha value is -1.06. The molecule has 2 fully saturated rings. The molecule has 0 unspecified atom stereocenters. The molecule has 0 saturated carbocycles. The van der Waals surface area contributed by atoms with Crippen molar-refractivity contribution in [3.63, 3.8) is 0 Å². The quantitative estimate of drug-likeness (QED) is 0.873. The lowest BCUT2D eigenvalue weighted by molar-refractivity contribution is 0.177. The Morgan fingerprint density at radius 3 is 2.74 bits per heavy atom. The first-order valence-electron chi connectivity index (χ1n) is 7.51. The van der Waals surface area contributed by atoms with E-state index in [0.29, 0.717) is 0 Å². The minimum Gasteiger partial charge on any atom is -0.368 e. The number of anilines is 1. The standard InChI is InChI=1S/C16H25N3/c1-13-4-5-16(14(2)10-13)19-11-15(12-19)18-8-3-6-17-7-9-18/h4-5,10,15,17H,3,6-9,11-12H2,1-2H3. The molecule has 19 heavy (non-hydrogen) atoms. The molecule has 1 aromatic carbocycles. The molecule has 0 radical (unpaired) electrons. The van der Waals surface area contributed by atoms with Crippen LogP contribution in [0.2, 0.25) is 0 Å². The zero-order valence-electron chi connectivity index (χ0n) is 12.2. The third kappa shape index (κ3) is 2.77. The number of rotatable bonds is 2. The summed E-state index contributed by atoms with van der Waals surface area (Å²) < 4.78 is 0. The van der Waals surface area contributed by atoms with Gasteiger partial charge < -0.3 is 10.2 Å². The molecular formula is C16H25N3.